The van der Waals surface area contributed by atoms with Gasteiger partial charge in [0.25, 0.3) is 0 Å². The van der Waals surface area contributed by atoms with E-state index >= 15 is 0 Å². The van der Waals surface area contributed by atoms with E-state index in [9.17, 15) is 4.79 Å². The number of benzene rings is 1. The molecule has 0 unspecified atom stereocenters. The quantitative estimate of drug-likeness (QED) is 0.659. The van der Waals surface area contributed by atoms with Crippen molar-refractivity contribution in [2.75, 3.05) is 37.7 Å². The van der Waals surface area contributed by atoms with Crippen molar-refractivity contribution in [3.05, 3.63) is 53.3 Å². The average molecular weight is 411 g/mol. The summed E-state index contributed by atoms with van der Waals surface area (Å²) in [6, 6.07) is 11.8. The molecule has 2 fully saturated rings. The number of amides is 1. The van der Waals surface area contributed by atoms with Crippen LogP contribution in [0.25, 0.3) is 16.9 Å². The van der Waals surface area contributed by atoms with Gasteiger partial charge in [-0.1, -0.05) is 23.7 Å². The van der Waals surface area contributed by atoms with Gasteiger partial charge >= 0.3 is 0 Å². The number of morpholine rings is 1. The topological polar surface area (TPSA) is 50.1 Å². The number of rotatable bonds is 4. The first kappa shape index (κ1) is 18.6. The van der Waals surface area contributed by atoms with Gasteiger partial charge in [0.1, 0.15) is 5.65 Å². The van der Waals surface area contributed by atoms with Crippen LogP contribution in [0.3, 0.4) is 0 Å². The molecular weight excluding hydrogens is 388 g/mol. The molecule has 2 aliphatic rings. The minimum atomic E-state index is 0.192. The molecule has 5 rings (SSSR count). The van der Waals surface area contributed by atoms with Crippen LogP contribution in [0.2, 0.25) is 5.02 Å². The Morgan fingerprint density at radius 3 is 2.55 bits per heavy atom. The van der Waals surface area contributed by atoms with Crippen molar-refractivity contribution in [3.8, 4) is 11.3 Å². The molecule has 0 N–H and O–H groups in total. The number of aromatic nitrogens is 2. The van der Waals surface area contributed by atoms with Crippen LogP contribution >= 0.6 is 11.6 Å². The fourth-order valence-corrected chi connectivity index (χ4v) is 4.25. The summed E-state index contributed by atoms with van der Waals surface area (Å²) < 4.78 is 7.65. The first-order valence-corrected chi connectivity index (χ1v) is 10.4. The van der Waals surface area contributed by atoms with Gasteiger partial charge in [0.15, 0.2) is 0 Å². The molecule has 2 saturated heterocycles. The third-order valence-electron chi connectivity index (χ3n) is 5.68. The lowest BCUT2D eigenvalue weighted by atomic mass is 10.1. The summed E-state index contributed by atoms with van der Waals surface area (Å²) in [5.41, 5.74) is 4.94. The Morgan fingerprint density at radius 1 is 1.03 bits per heavy atom. The molecule has 150 valence electrons. The number of halogens is 1. The van der Waals surface area contributed by atoms with Crippen LogP contribution in [0.1, 0.15) is 18.5 Å². The van der Waals surface area contributed by atoms with E-state index in [1.165, 1.54) is 0 Å². The van der Waals surface area contributed by atoms with Gasteiger partial charge in [0.05, 0.1) is 30.3 Å². The molecule has 29 heavy (non-hydrogen) atoms. The van der Waals surface area contributed by atoms with E-state index in [2.05, 4.69) is 15.5 Å². The molecule has 2 aromatic heterocycles. The molecule has 3 aromatic rings. The lowest BCUT2D eigenvalue weighted by Crippen LogP contribution is -2.36. The number of nitrogens with zero attached hydrogens (tertiary/aromatic N) is 4. The van der Waals surface area contributed by atoms with Crippen LogP contribution in [0.4, 0.5) is 5.69 Å². The molecular formula is C22H23ClN4O2. The first-order chi connectivity index (χ1) is 14.2. The molecule has 0 spiro atoms. The van der Waals surface area contributed by atoms with Gasteiger partial charge in [-0.3, -0.25) is 14.1 Å². The monoisotopic (exact) mass is 410 g/mol. The molecule has 1 amide bonds. The zero-order chi connectivity index (χ0) is 19.8. The summed E-state index contributed by atoms with van der Waals surface area (Å²) in [7, 11) is 0. The van der Waals surface area contributed by atoms with Gasteiger partial charge in [-0.25, -0.2) is 4.98 Å². The Balaban J connectivity index is 1.61. The zero-order valence-electron chi connectivity index (χ0n) is 16.2. The van der Waals surface area contributed by atoms with Gasteiger partial charge in [0, 0.05) is 49.4 Å². The molecule has 1 aromatic carbocycles. The molecule has 0 atom stereocenters. The summed E-state index contributed by atoms with van der Waals surface area (Å²) in [5.74, 6) is 0.192. The number of imidazole rings is 1. The number of hydrogen-bond donors (Lipinski definition) is 0. The second kappa shape index (κ2) is 7.78. The van der Waals surface area contributed by atoms with Crippen molar-refractivity contribution in [1.29, 1.82) is 0 Å². The van der Waals surface area contributed by atoms with Crippen molar-refractivity contribution in [3.63, 3.8) is 0 Å². The van der Waals surface area contributed by atoms with E-state index in [-0.39, 0.29) is 5.91 Å². The van der Waals surface area contributed by atoms with Crippen LogP contribution in [0.5, 0.6) is 0 Å². The fourth-order valence-electron chi connectivity index (χ4n) is 4.12. The van der Waals surface area contributed by atoms with Gasteiger partial charge in [0.2, 0.25) is 5.91 Å². The summed E-state index contributed by atoms with van der Waals surface area (Å²) in [6.07, 6.45) is 3.59. The zero-order valence-corrected chi connectivity index (χ0v) is 16.9. The predicted molar refractivity (Wildman–Crippen MR) is 113 cm³/mol. The van der Waals surface area contributed by atoms with Crippen molar-refractivity contribution < 1.29 is 9.53 Å². The van der Waals surface area contributed by atoms with Crippen molar-refractivity contribution in [1.82, 2.24) is 14.3 Å². The molecule has 7 heteroatoms. The number of fused-ring (bicyclic) bond motifs is 1. The number of ether oxygens (including phenoxy) is 1. The van der Waals surface area contributed by atoms with Gasteiger partial charge in [-0.05, 0) is 30.7 Å². The second-order valence-electron chi connectivity index (χ2n) is 7.57. The largest absolute Gasteiger partial charge is 0.379 e. The van der Waals surface area contributed by atoms with E-state index in [0.717, 1.165) is 74.1 Å². The molecule has 4 heterocycles. The van der Waals surface area contributed by atoms with Gasteiger partial charge < -0.3 is 9.64 Å². The molecule has 2 aliphatic heterocycles. The summed E-state index contributed by atoms with van der Waals surface area (Å²) in [4.78, 5) is 21.4. The Bertz CT molecular complexity index is 1040. The van der Waals surface area contributed by atoms with Crippen LogP contribution < -0.4 is 4.90 Å². The molecule has 0 saturated carbocycles. The number of pyridine rings is 1. The fraction of sp³-hybridized carbons (Fsp3) is 0.364. The minimum absolute atomic E-state index is 0.192. The lowest BCUT2D eigenvalue weighted by molar-refractivity contribution is -0.117. The smallest absolute Gasteiger partial charge is 0.227 e. The van der Waals surface area contributed by atoms with Gasteiger partial charge in [-0.2, -0.15) is 0 Å². The Labute approximate surface area is 174 Å². The first-order valence-electron chi connectivity index (χ1n) is 10.1. The highest BCUT2D eigenvalue weighted by molar-refractivity contribution is 6.30. The SMILES string of the molecule is O=C1CCCN1c1ccc2nc(-c3ccc(Cl)cc3)c(CN3CCOCC3)n2c1. The summed E-state index contributed by atoms with van der Waals surface area (Å²) in [5, 5.41) is 0.710. The average Bonchev–Trinajstić information content (AvgIpc) is 3.33. The van der Waals surface area contributed by atoms with Crippen molar-refractivity contribution >= 4 is 28.8 Å². The Kier molecular flexibility index (Phi) is 4.99. The highest BCUT2D eigenvalue weighted by atomic mass is 35.5. The standard InChI is InChI=1S/C22H23ClN4O2/c23-17-5-3-16(4-6-17)22-19(15-25-10-12-29-13-11-25)27-14-18(7-8-20(27)24-22)26-9-1-2-21(26)28/h3-8,14H,1-2,9-13,15H2. The summed E-state index contributed by atoms with van der Waals surface area (Å²) >= 11 is 6.10. The number of carbonyl (C=O) groups is 1. The molecule has 0 radical (unpaired) electrons. The normalized spacial score (nSPS) is 18.1. The second-order valence-corrected chi connectivity index (χ2v) is 8.00. The van der Waals surface area contributed by atoms with Crippen LogP contribution in [-0.4, -0.2) is 53.0 Å². The third kappa shape index (κ3) is 3.64. The van der Waals surface area contributed by atoms with Gasteiger partial charge in [-0.15, -0.1) is 0 Å². The molecule has 0 aliphatic carbocycles. The summed E-state index contributed by atoms with van der Waals surface area (Å²) in [6.45, 7) is 4.86. The highest BCUT2D eigenvalue weighted by Crippen LogP contribution is 2.29. The van der Waals surface area contributed by atoms with Crippen LogP contribution in [0, 0.1) is 0 Å². The molecule has 6 nitrogen and oxygen atoms in total. The van der Waals surface area contributed by atoms with Crippen LogP contribution in [0.15, 0.2) is 42.6 Å². The lowest BCUT2D eigenvalue weighted by Gasteiger charge is -2.26. The van der Waals surface area contributed by atoms with Crippen molar-refractivity contribution in [2.45, 2.75) is 19.4 Å². The van der Waals surface area contributed by atoms with Crippen molar-refractivity contribution in [2.24, 2.45) is 0 Å². The highest BCUT2D eigenvalue weighted by Gasteiger charge is 2.24. The van der Waals surface area contributed by atoms with E-state index in [1.807, 2.05) is 41.3 Å². The Morgan fingerprint density at radius 2 is 1.83 bits per heavy atom. The minimum Gasteiger partial charge on any atom is -0.379 e. The van der Waals surface area contributed by atoms with E-state index < -0.39 is 0 Å². The van der Waals surface area contributed by atoms with Crippen LogP contribution in [-0.2, 0) is 16.1 Å². The van der Waals surface area contributed by atoms with E-state index in [0.29, 0.717) is 11.4 Å². The van der Waals surface area contributed by atoms with E-state index in [1.54, 1.807) is 0 Å². The number of hydrogen-bond acceptors (Lipinski definition) is 4. The maximum Gasteiger partial charge on any atom is 0.227 e. The third-order valence-corrected chi connectivity index (χ3v) is 5.93. The maximum atomic E-state index is 12.2. The van der Waals surface area contributed by atoms with E-state index in [4.69, 9.17) is 21.3 Å². The number of anilines is 1. The Hall–Kier alpha value is -2.41. The number of carbonyl (C=O) groups excluding carboxylic acids is 1. The molecule has 0 bridgehead atoms. The predicted octanol–water partition coefficient (Wildman–Crippen LogP) is 3.61. The maximum absolute atomic E-state index is 12.2.